The molecular formula is C62H107O11P. The van der Waals surface area contributed by atoms with Crippen LogP contribution in [0.25, 0.3) is 0 Å². The number of phosphoric acid groups is 1. The molecular weight excluding hydrogens is 952 g/mol. The van der Waals surface area contributed by atoms with Gasteiger partial charge in [0.15, 0.2) is 6.10 Å². The smallest absolute Gasteiger partial charge is 0.462 e. The van der Waals surface area contributed by atoms with Gasteiger partial charge in [-0.1, -0.05) is 228 Å². The molecule has 74 heavy (non-hydrogen) atoms. The molecule has 0 rings (SSSR count). The number of hydrogen-bond acceptors (Lipinski definition) is 10. The molecule has 0 saturated carbocycles. The van der Waals surface area contributed by atoms with E-state index in [1.54, 1.807) is 0 Å². The number of rotatable bonds is 54. The number of aliphatic hydroxyl groups excluding tert-OH is 1. The lowest BCUT2D eigenvalue weighted by Crippen LogP contribution is -2.30. The Kier molecular flexibility index (Phi) is 53.4. The fraction of sp³-hybridized carbons (Fsp3) is 0.726. The molecule has 0 aromatic rings. The summed E-state index contributed by atoms with van der Waals surface area (Å²) >= 11 is 0. The van der Waals surface area contributed by atoms with Crippen molar-refractivity contribution in [1.82, 2.24) is 0 Å². The quantitative estimate of drug-likeness (QED) is 0.0197. The number of allylic oxidation sites excluding steroid dienone is 14. The van der Waals surface area contributed by atoms with Gasteiger partial charge in [0.05, 0.1) is 19.8 Å². The Hall–Kier alpha value is -3.34. The van der Waals surface area contributed by atoms with Crippen molar-refractivity contribution in [3.63, 3.8) is 0 Å². The molecule has 2 N–H and O–H groups in total. The van der Waals surface area contributed by atoms with E-state index in [-0.39, 0.29) is 25.9 Å². The van der Waals surface area contributed by atoms with Gasteiger partial charge in [0.1, 0.15) is 12.7 Å². The second-order valence-electron chi connectivity index (χ2n) is 19.4. The van der Waals surface area contributed by atoms with Crippen LogP contribution in [-0.2, 0) is 42.2 Å². The van der Waals surface area contributed by atoms with Gasteiger partial charge in [-0.2, -0.15) is 0 Å². The Morgan fingerprint density at radius 1 is 0.392 bits per heavy atom. The molecule has 0 aromatic heterocycles. The van der Waals surface area contributed by atoms with E-state index in [2.05, 4.69) is 106 Å². The summed E-state index contributed by atoms with van der Waals surface area (Å²) in [6.45, 7) is 4.43. The van der Waals surface area contributed by atoms with Crippen molar-refractivity contribution in [2.75, 3.05) is 26.4 Å². The van der Waals surface area contributed by atoms with Gasteiger partial charge in [-0.05, 0) is 89.9 Å². The molecule has 0 aliphatic heterocycles. The summed E-state index contributed by atoms with van der Waals surface area (Å²) < 4.78 is 39.5. The van der Waals surface area contributed by atoms with E-state index >= 15 is 0 Å². The van der Waals surface area contributed by atoms with Crippen molar-refractivity contribution < 1.29 is 52.2 Å². The Bertz CT molecular complexity index is 1560. The van der Waals surface area contributed by atoms with Gasteiger partial charge in [0, 0.05) is 19.3 Å². The van der Waals surface area contributed by atoms with Gasteiger partial charge in [0.25, 0.3) is 0 Å². The van der Waals surface area contributed by atoms with E-state index in [0.717, 1.165) is 122 Å². The molecule has 0 aromatic carbocycles. The first-order valence-electron chi connectivity index (χ1n) is 29.5. The molecule has 0 aliphatic carbocycles. The highest BCUT2D eigenvalue weighted by Gasteiger charge is 2.28. The van der Waals surface area contributed by atoms with Crippen LogP contribution in [0.4, 0.5) is 0 Å². The van der Waals surface area contributed by atoms with Gasteiger partial charge >= 0.3 is 25.7 Å². The molecule has 0 amide bonds. The van der Waals surface area contributed by atoms with Gasteiger partial charge < -0.3 is 24.2 Å². The monoisotopic (exact) mass is 1060 g/mol. The van der Waals surface area contributed by atoms with Crippen LogP contribution in [0.5, 0.6) is 0 Å². The standard InChI is InChI=1S/C62H107O11P/c1-4-7-10-13-16-19-22-25-27-28-29-30-32-35-38-41-44-47-50-53-62(66)73-59(55-69-60(64)51-48-45-42-39-36-34-31-26-23-20-17-14-11-8-5-2)57-71-74(67,68)70-56-58(54-63)72-61(65)52-49-46-43-40-37-33-24-21-18-15-12-9-6-3/h7,10,12,15-16,19,21,24-25,27,29-30,35,38,58-59,63H,4-6,8-9,11,13-14,17-18,20,22-23,26,28,31-34,36-37,39-57H2,1-3H3,(H,67,68)/b10-7-,15-12-,19-16-,24-21-,27-25-,30-29-,38-35-. The molecule has 0 saturated heterocycles. The molecule has 0 fully saturated rings. The fourth-order valence-electron chi connectivity index (χ4n) is 7.83. The summed E-state index contributed by atoms with van der Waals surface area (Å²) in [5.74, 6) is -1.51. The zero-order chi connectivity index (χ0) is 54.1. The van der Waals surface area contributed by atoms with E-state index in [9.17, 15) is 28.9 Å². The highest BCUT2D eigenvalue weighted by molar-refractivity contribution is 7.47. The largest absolute Gasteiger partial charge is 0.472 e. The van der Waals surface area contributed by atoms with Crippen LogP contribution in [0.3, 0.4) is 0 Å². The third-order valence-corrected chi connectivity index (χ3v) is 13.2. The lowest BCUT2D eigenvalue weighted by molar-refractivity contribution is -0.161. The van der Waals surface area contributed by atoms with Crippen molar-refractivity contribution in [2.45, 2.75) is 264 Å². The summed E-state index contributed by atoms with van der Waals surface area (Å²) in [4.78, 5) is 48.6. The number of unbranched alkanes of at least 4 members (excludes halogenated alkanes) is 23. The van der Waals surface area contributed by atoms with Gasteiger partial charge in [-0.25, -0.2) is 4.57 Å². The van der Waals surface area contributed by atoms with E-state index in [0.29, 0.717) is 19.3 Å². The first-order valence-corrected chi connectivity index (χ1v) is 31.0. The topological polar surface area (TPSA) is 155 Å². The average molecular weight is 1060 g/mol. The lowest BCUT2D eigenvalue weighted by Gasteiger charge is -2.21. The van der Waals surface area contributed by atoms with Gasteiger partial charge in [0.2, 0.25) is 0 Å². The van der Waals surface area contributed by atoms with E-state index in [1.165, 1.54) is 70.6 Å². The minimum Gasteiger partial charge on any atom is -0.462 e. The van der Waals surface area contributed by atoms with Crippen molar-refractivity contribution in [3.05, 3.63) is 85.1 Å². The van der Waals surface area contributed by atoms with Crippen molar-refractivity contribution in [3.8, 4) is 0 Å². The van der Waals surface area contributed by atoms with Crippen LogP contribution < -0.4 is 0 Å². The summed E-state index contributed by atoms with van der Waals surface area (Å²) in [6.07, 6.45) is 64.0. The number of hydrogen-bond donors (Lipinski definition) is 2. The zero-order valence-electron chi connectivity index (χ0n) is 47.0. The number of phosphoric ester groups is 1. The first-order chi connectivity index (χ1) is 36.2. The second kappa shape index (κ2) is 55.9. The number of esters is 3. The maximum Gasteiger partial charge on any atom is 0.472 e. The maximum atomic E-state index is 12.9. The third kappa shape index (κ3) is 53.5. The molecule has 0 radical (unpaired) electrons. The minimum atomic E-state index is -4.76. The molecule has 0 heterocycles. The van der Waals surface area contributed by atoms with E-state index in [1.807, 2.05) is 0 Å². The lowest BCUT2D eigenvalue weighted by atomic mass is 10.0. The van der Waals surface area contributed by atoms with Crippen LogP contribution in [0, 0.1) is 0 Å². The molecule has 3 unspecified atom stereocenters. The molecule has 0 aliphatic rings. The maximum absolute atomic E-state index is 12.9. The van der Waals surface area contributed by atoms with Crippen LogP contribution in [-0.4, -0.2) is 66.5 Å². The van der Waals surface area contributed by atoms with Crippen LogP contribution in [0.2, 0.25) is 0 Å². The molecule has 11 nitrogen and oxygen atoms in total. The van der Waals surface area contributed by atoms with Crippen molar-refractivity contribution in [1.29, 1.82) is 0 Å². The van der Waals surface area contributed by atoms with Crippen LogP contribution in [0.1, 0.15) is 252 Å². The fourth-order valence-corrected chi connectivity index (χ4v) is 8.62. The number of aliphatic hydroxyl groups is 1. The summed E-state index contributed by atoms with van der Waals surface area (Å²) in [5.41, 5.74) is 0. The zero-order valence-corrected chi connectivity index (χ0v) is 47.9. The number of carbonyl (C=O) groups is 3. The highest BCUT2D eigenvalue weighted by Crippen LogP contribution is 2.43. The first kappa shape index (κ1) is 70.7. The Morgan fingerprint density at radius 2 is 0.730 bits per heavy atom. The summed E-state index contributed by atoms with van der Waals surface area (Å²) in [5, 5.41) is 9.81. The molecule has 3 atom stereocenters. The second-order valence-corrected chi connectivity index (χ2v) is 20.9. The van der Waals surface area contributed by atoms with Crippen LogP contribution >= 0.6 is 7.82 Å². The Morgan fingerprint density at radius 3 is 1.15 bits per heavy atom. The predicted molar refractivity (Wildman–Crippen MR) is 307 cm³/mol. The SMILES string of the molecule is CC/C=C\C/C=C\C/C=C\C/C=C\C/C=C\CCCCCC(=O)OC(COC(=O)CCCCCCCCCCCCCCCCC)COP(=O)(O)OCC(CO)OC(=O)CCCCCCC/C=C\C/C=C\CCC. The Balaban J connectivity index is 4.79. The molecule has 0 spiro atoms. The normalized spacial score (nSPS) is 14.0. The number of carbonyl (C=O) groups excluding carboxylic acids is 3. The average Bonchev–Trinajstić information content (AvgIpc) is 3.39. The van der Waals surface area contributed by atoms with Crippen molar-refractivity contribution in [2.24, 2.45) is 0 Å². The predicted octanol–water partition coefficient (Wildman–Crippen LogP) is 17.5. The molecule has 426 valence electrons. The van der Waals surface area contributed by atoms with Gasteiger partial charge in [-0.15, -0.1) is 0 Å². The Labute approximate surface area is 451 Å². The van der Waals surface area contributed by atoms with Gasteiger partial charge in [-0.3, -0.25) is 23.4 Å². The van der Waals surface area contributed by atoms with E-state index < -0.39 is 57.8 Å². The third-order valence-electron chi connectivity index (χ3n) is 12.3. The molecule has 12 heteroatoms. The highest BCUT2D eigenvalue weighted by atomic mass is 31.2. The molecule has 0 bridgehead atoms. The minimum absolute atomic E-state index is 0.126. The van der Waals surface area contributed by atoms with Crippen LogP contribution in [0.15, 0.2) is 85.1 Å². The number of ether oxygens (including phenoxy) is 3. The van der Waals surface area contributed by atoms with Crippen molar-refractivity contribution >= 4 is 25.7 Å². The summed E-state index contributed by atoms with van der Waals surface area (Å²) in [6, 6.07) is 0. The summed E-state index contributed by atoms with van der Waals surface area (Å²) in [7, 11) is -4.76. The van der Waals surface area contributed by atoms with E-state index in [4.69, 9.17) is 23.3 Å².